The van der Waals surface area contributed by atoms with Gasteiger partial charge in [-0.25, -0.2) is 9.97 Å². The number of hydrogen-bond acceptors (Lipinski definition) is 6. The highest BCUT2D eigenvalue weighted by atomic mass is 15.4. The topological polar surface area (TPSA) is 63.0 Å². The molecule has 0 amide bonds. The van der Waals surface area contributed by atoms with Gasteiger partial charge in [0, 0.05) is 51.5 Å². The van der Waals surface area contributed by atoms with E-state index in [0.717, 1.165) is 50.4 Å². The number of anilines is 1. The van der Waals surface area contributed by atoms with E-state index in [2.05, 4.69) is 37.0 Å². The minimum atomic E-state index is 0.732. The third kappa shape index (κ3) is 2.35. The predicted octanol–water partition coefficient (Wildman–Crippen LogP) is 0.482. The smallest absolute Gasteiger partial charge is 0.134 e. The van der Waals surface area contributed by atoms with Crippen molar-refractivity contribution in [1.29, 1.82) is 0 Å². The highest BCUT2D eigenvalue weighted by Gasteiger charge is 2.40. The van der Waals surface area contributed by atoms with Crippen molar-refractivity contribution in [2.24, 2.45) is 18.9 Å². The molecule has 0 radical (unpaired) electrons. The first-order valence-corrected chi connectivity index (χ1v) is 7.78. The van der Waals surface area contributed by atoms with Gasteiger partial charge in [0.2, 0.25) is 0 Å². The summed E-state index contributed by atoms with van der Waals surface area (Å²) in [7, 11) is 1.96. The molecule has 2 fully saturated rings. The molecule has 0 saturated carbocycles. The van der Waals surface area contributed by atoms with E-state index in [0.29, 0.717) is 0 Å². The van der Waals surface area contributed by atoms with Crippen LogP contribution in [0, 0.1) is 18.8 Å². The Morgan fingerprint density at radius 2 is 1.91 bits per heavy atom. The SMILES string of the molecule is Cc1cncnc1N1CC2CN(Cc3cnnn3C)CC2C1. The number of hydrogen-bond donors (Lipinski definition) is 0. The van der Waals surface area contributed by atoms with Gasteiger partial charge in [0.15, 0.2) is 0 Å². The molecule has 0 spiro atoms. The molecule has 116 valence electrons. The van der Waals surface area contributed by atoms with Gasteiger partial charge in [0.25, 0.3) is 0 Å². The summed E-state index contributed by atoms with van der Waals surface area (Å²) >= 11 is 0. The lowest BCUT2D eigenvalue weighted by Crippen LogP contribution is -2.30. The van der Waals surface area contributed by atoms with E-state index in [1.165, 1.54) is 11.3 Å². The summed E-state index contributed by atoms with van der Waals surface area (Å²) in [6, 6.07) is 0. The highest BCUT2D eigenvalue weighted by molar-refractivity contribution is 5.46. The molecule has 0 bridgehead atoms. The van der Waals surface area contributed by atoms with Gasteiger partial charge in [-0.15, -0.1) is 5.10 Å². The summed E-state index contributed by atoms with van der Waals surface area (Å²) < 4.78 is 1.87. The van der Waals surface area contributed by atoms with Gasteiger partial charge in [0.05, 0.1) is 11.9 Å². The summed E-state index contributed by atoms with van der Waals surface area (Å²) in [5.41, 5.74) is 2.35. The van der Waals surface area contributed by atoms with Gasteiger partial charge in [-0.1, -0.05) is 5.21 Å². The second-order valence-electron chi connectivity index (χ2n) is 6.50. The van der Waals surface area contributed by atoms with Crippen molar-refractivity contribution in [3.63, 3.8) is 0 Å². The molecule has 2 aromatic heterocycles. The number of nitrogens with zero attached hydrogens (tertiary/aromatic N) is 7. The average Bonchev–Trinajstić information content (AvgIpc) is 3.15. The Hall–Kier alpha value is -2.02. The maximum Gasteiger partial charge on any atom is 0.134 e. The monoisotopic (exact) mass is 299 g/mol. The van der Waals surface area contributed by atoms with E-state index < -0.39 is 0 Å². The van der Waals surface area contributed by atoms with E-state index >= 15 is 0 Å². The lowest BCUT2D eigenvalue weighted by molar-refractivity contribution is 0.300. The zero-order valence-electron chi connectivity index (χ0n) is 13.1. The Kier molecular flexibility index (Phi) is 3.29. The van der Waals surface area contributed by atoms with Crippen LogP contribution in [0.3, 0.4) is 0 Å². The molecule has 22 heavy (non-hydrogen) atoms. The minimum absolute atomic E-state index is 0.732. The molecule has 7 nitrogen and oxygen atoms in total. The molecule has 2 saturated heterocycles. The van der Waals surface area contributed by atoms with Crippen LogP contribution in [0.15, 0.2) is 18.7 Å². The minimum Gasteiger partial charge on any atom is -0.356 e. The van der Waals surface area contributed by atoms with Crippen LogP contribution < -0.4 is 4.90 Å². The molecule has 0 N–H and O–H groups in total. The Balaban J connectivity index is 1.40. The van der Waals surface area contributed by atoms with E-state index in [1.54, 1.807) is 6.33 Å². The third-order valence-corrected chi connectivity index (χ3v) is 4.92. The van der Waals surface area contributed by atoms with Gasteiger partial charge in [-0.2, -0.15) is 0 Å². The Labute approximate surface area is 130 Å². The number of rotatable bonds is 3. The van der Waals surface area contributed by atoms with Crippen LogP contribution in [0.25, 0.3) is 0 Å². The first-order valence-electron chi connectivity index (χ1n) is 7.78. The fraction of sp³-hybridized carbons (Fsp3) is 0.600. The molecular weight excluding hydrogens is 278 g/mol. The second kappa shape index (κ2) is 5.31. The van der Waals surface area contributed by atoms with Crippen molar-refractivity contribution in [2.75, 3.05) is 31.1 Å². The van der Waals surface area contributed by atoms with Crippen molar-refractivity contribution in [2.45, 2.75) is 13.5 Å². The molecule has 0 aromatic carbocycles. The highest BCUT2D eigenvalue weighted by Crippen LogP contribution is 2.34. The van der Waals surface area contributed by atoms with Gasteiger partial charge in [-0.3, -0.25) is 9.58 Å². The number of fused-ring (bicyclic) bond motifs is 1. The van der Waals surface area contributed by atoms with Crippen molar-refractivity contribution in [3.8, 4) is 0 Å². The quantitative estimate of drug-likeness (QED) is 0.821. The number of aromatic nitrogens is 5. The van der Waals surface area contributed by atoms with Gasteiger partial charge >= 0.3 is 0 Å². The van der Waals surface area contributed by atoms with E-state index in [-0.39, 0.29) is 0 Å². The Morgan fingerprint density at radius 1 is 1.14 bits per heavy atom. The van der Waals surface area contributed by atoms with Crippen LogP contribution in [0.4, 0.5) is 5.82 Å². The number of likely N-dealkylation sites (tertiary alicyclic amines) is 1. The summed E-state index contributed by atoms with van der Waals surface area (Å²) in [6.07, 6.45) is 5.42. The predicted molar refractivity (Wildman–Crippen MR) is 82.2 cm³/mol. The summed E-state index contributed by atoms with van der Waals surface area (Å²) in [4.78, 5) is 13.5. The summed E-state index contributed by atoms with van der Waals surface area (Å²) in [5.74, 6) is 2.57. The largest absolute Gasteiger partial charge is 0.356 e. The van der Waals surface area contributed by atoms with Crippen molar-refractivity contribution in [1.82, 2.24) is 29.9 Å². The van der Waals surface area contributed by atoms with Gasteiger partial charge in [-0.05, 0) is 18.8 Å². The average molecular weight is 299 g/mol. The van der Waals surface area contributed by atoms with Gasteiger partial charge in [0.1, 0.15) is 12.1 Å². The first kappa shape index (κ1) is 13.6. The maximum atomic E-state index is 4.46. The molecule has 2 aromatic rings. The van der Waals surface area contributed by atoms with Crippen LogP contribution in [-0.4, -0.2) is 56.0 Å². The van der Waals surface area contributed by atoms with E-state index in [9.17, 15) is 0 Å². The van der Waals surface area contributed by atoms with Crippen LogP contribution in [0.5, 0.6) is 0 Å². The molecule has 2 aliphatic heterocycles. The van der Waals surface area contributed by atoms with E-state index in [1.807, 2.05) is 24.1 Å². The molecular formula is C15H21N7. The molecule has 2 aliphatic rings. The summed E-state index contributed by atoms with van der Waals surface area (Å²) in [5, 5.41) is 7.97. The fourth-order valence-electron chi connectivity index (χ4n) is 3.80. The van der Waals surface area contributed by atoms with Crippen molar-refractivity contribution >= 4 is 5.82 Å². The Bertz CT molecular complexity index is 653. The lowest BCUT2D eigenvalue weighted by atomic mass is 10.0. The zero-order valence-corrected chi connectivity index (χ0v) is 13.1. The number of aryl methyl sites for hydroxylation is 2. The molecule has 2 atom stereocenters. The third-order valence-electron chi connectivity index (χ3n) is 4.92. The molecule has 4 heterocycles. The standard InChI is InChI=1S/C15H21N7/c1-11-3-16-10-17-15(11)22-7-12-5-21(6-13(12)8-22)9-14-4-18-19-20(14)2/h3-4,10,12-13H,5-9H2,1-2H3. The van der Waals surface area contributed by atoms with Crippen LogP contribution in [0.1, 0.15) is 11.3 Å². The van der Waals surface area contributed by atoms with Crippen LogP contribution >= 0.6 is 0 Å². The Morgan fingerprint density at radius 3 is 2.55 bits per heavy atom. The fourth-order valence-corrected chi connectivity index (χ4v) is 3.80. The van der Waals surface area contributed by atoms with Crippen LogP contribution in [0.2, 0.25) is 0 Å². The zero-order chi connectivity index (χ0) is 15.1. The summed E-state index contributed by atoms with van der Waals surface area (Å²) in [6.45, 7) is 7.53. The molecule has 7 heteroatoms. The van der Waals surface area contributed by atoms with E-state index in [4.69, 9.17) is 0 Å². The van der Waals surface area contributed by atoms with Crippen molar-refractivity contribution < 1.29 is 0 Å². The van der Waals surface area contributed by atoms with Gasteiger partial charge < -0.3 is 4.90 Å². The lowest BCUT2D eigenvalue weighted by Gasteiger charge is -2.23. The maximum absolute atomic E-state index is 4.46. The molecule has 2 unspecified atom stereocenters. The molecule has 4 rings (SSSR count). The second-order valence-corrected chi connectivity index (χ2v) is 6.50. The van der Waals surface area contributed by atoms with Crippen LogP contribution in [-0.2, 0) is 13.6 Å². The molecule has 0 aliphatic carbocycles. The normalized spacial score (nSPS) is 24.9. The first-order chi connectivity index (χ1) is 10.7. The van der Waals surface area contributed by atoms with Crippen molar-refractivity contribution in [3.05, 3.63) is 30.0 Å².